The van der Waals surface area contributed by atoms with E-state index in [1.54, 1.807) is 12.1 Å². The summed E-state index contributed by atoms with van der Waals surface area (Å²) in [5.41, 5.74) is 2.19. The van der Waals surface area contributed by atoms with Crippen LogP contribution in [0.5, 0.6) is 5.75 Å². The van der Waals surface area contributed by atoms with Gasteiger partial charge in [0.2, 0.25) is 5.91 Å². The fourth-order valence-corrected chi connectivity index (χ4v) is 1.85. The number of anilines is 1. The van der Waals surface area contributed by atoms with Crippen LogP contribution >= 0.6 is 0 Å². The second kappa shape index (κ2) is 6.83. The first-order valence-electron chi connectivity index (χ1n) is 6.44. The van der Waals surface area contributed by atoms with E-state index in [4.69, 9.17) is 0 Å². The number of ether oxygens (including phenoxy) is 1. The summed E-state index contributed by atoms with van der Waals surface area (Å²) in [5, 5.41) is 2.58. The van der Waals surface area contributed by atoms with E-state index in [0.29, 0.717) is 0 Å². The maximum Gasteiger partial charge on any atom is 0.387 e. The molecule has 2 aromatic carbocycles. The minimum atomic E-state index is -2.93. The van der Waals surface area contributed by atoms with Crippen LogP contribution in [0.15, 0.2) is 48.5 Å². The second-order valence-corrected chi connectivity index (χ2v) is 4.59. The van der Waals surface area contributed by atoms with Gasteiger partial charge in [-0.3, -0.25) is 4.79 Å². The molecular weight excluding hydrogens is 276 g/mol. The summed E-state index contributed by atoms with van der Waals surface area (Å²) < 4.78 is 28.9. The summed E-state index contributed by atoms with van der Waals surface area (Å²) in [6.45, 7) is -0.970. The van der Waals surface area contributed by atoms with Crippen molar-refractivity contribution in [1.82, 2.24) is 0 Å². The summed E-state index contributed by atoms with van der Waals surface area (Å²) >= 11 is 0. The minimum Gasteiger partial charge on any atom is -0.433 e. The Balaban J connectivity index is 2.04. The van der Waals surface area contributed by atoms with Crippen LogP contribution in [-0.2, 0) is 11.2 Å². The predicted octanol–water partition coefficient (Wildman–Crippen LogP) is 3.78. The molecule has 0 spiro atoms. The fourth-order valence-electron chi connectivity index (χ4n) is 1.85. The quantitative estimate of drug-likeness (QED) is 0.910. The molecule has 0 unspecified atom stereocenters. The number of alkyl halides is 2. The molecule has 1 N–H and O–H groups in total. The average Bonchev–Trinajstić information content (AvgIpc) is 2.43. The van der Waals surface area contributed by atoms with Gasteiger partial charge in [0.1, 0.15) is 5.75 Å². The first-order chi connectivity index (χ1) is 10.0. The molecule has 0 aliphatic rings. The number of hydrogen-bond acceptors (Lipinski definition) is 2. The van der Waals surface area contributed by atoms with Gasteiger partial charge in [-0.1, -0.05) is 42.0 Å². The molecule has 2 rings (SSSR count). The molecule has 0 radical (unpaired) electrons. The van der Waals surface area contributed by atoms with Crippen molar-refractivity contribution < 1.29 is 18.3 Å². The van der Waals surface area contributed by atoms with Crippen molar-refractivity contribution in [2.75, 3.05) is 5.32 Å². The van der Waals surface area contributed by atoms with E-state index in [-0.39, 0.29) is 23.8 Å². The lowest BCUT2D eigenvalue weighted by Gasteiger charge is -2.11. The molecule has 0 heterocycles. The number of halogens is 2. The Bertz CT molecular complexity index is 612. The molecule has 0 atom stereocenters. The average molecular weight is 291 g/mol. The first kappa shape index (κ1) is 15.0. The third kappa shape index (κ3) is 4.56. The molecule has 5 heteroatoms. The van der Waals surface area contributed by atoms with Crippen LogP contribution in [0.2, 0.25) is 0 Å². The lowest BCUT2D eigenvalue weighted by Crippen LogP contribution is -2.15. The molecule has 2 aromatic rings. The maximum absolute atomic E-state index is 12.3. The first-order valence-corrected chi connectivity index (χ1v) is 6.44. The normalized spacial score (nSPS) is 10.5. The van der Waals surface area contributed by atoms with Gasteiger partial charge in [0.15, 0.2) is 0 Å². The van der Waals surface area contributed by atoms with E-state index in [2.05, 4.69) is 10.1 Å². The van der Waals surface area contributed by atoms with Crippen molar-refractivity contribution in [3.63, 3.8) is 0 Å². The highest BCUT2D eigenvalue weighted by Crippen LogP contribution is 2.25. The van der Waals surface area contributed by atoms with Gasteiger partial charge in [-0.05, 0) is 24.6 Å². The maximum atomic E-state index is 12.3. The molecule has 0 aromatic heterocycles. The Morgan fingerprint density at radius 3 is 2.48 bits per heavy atom. The molecule has 1 amide bonds. The van der Waals surface area contributed by atoms with E-state index in [1.165, 1.54) is 12.1 Å². The zero-order valence-corrected chi connectivity index (χ0v) is 11.5. The number of carbonyl (C=O) groups excluding carboxylic acids is 1. The lowest BCUT2D eigenvalue weighted by atomic mass is 10.1. The molecular formula is C16H15F2NO2. The zero-order chi connectivity index (χ0) is 15.2. The second-order valence-electron chi connectivity index (χ2n) is 4.59. The molecule has 21 heavy (non-hydrogen) atoms. The molecule has 110 valence electrons. The number of para-hydroxylation sites is 2. The Morgan fingerprint density at radius 1 is 1.14 bits per heavy atom. The van der Waals surface area contributed by atoms with Gasteiger partial charge in [0.25, 0.3) is 0 Å². The van der Waals surface area contributed by atoms with Gasteiger partial charge in [0.05, 0.1) is 12.1 Å². The molecule has 0 saturated heterocycles. The molecule has 0 bridgehead atoms. The van der Waals surface area contributed by atoms with Crippen molar-refractivity contribution in [3.05, 3.63) is 59.7 Å². The standard InChI is InChI=1S/C16H15F2NO2/c1-11-6-8-12(9-7-11)10-15(20)19-13-4-2-3-5-14(13)21-16(17)18/h2-9,16H,10H2,1H3,(H,19,20). The number of rotatable bonds is 5. The highest BCUT2D eigenvalue weighted by atomic mass is 19.3. The number of carbonyl (C=O) groups is 1. The van der Waals surface area contributed by atoms with Gasteiger partial charge in [0, 0.05) is 0 Å². The van der Waals surface area contributed by atoms with Gasteiger partial charge < -0.3 is 10.1 Å². The van der Waals surface area contributed by atoms with Gasteiger partial charge in [-0.2, -0.15) is 8.78 Å². The van der Waals surface area contributed by atoms with E-state index < -0.39 is 6.61 Å². The van der Waals surface area contributed by atoms with Gasteiger partial charge in [-0.25, -0.2) is 0 Å². The topological polar surface area (TPSA) is 38.3 Å². The van der Waals surface area contributed by atoms with Crippen molar-refractivity contribution in [2.24, 2.45) is 0 Å². The zero-order valence-electron chi connectivity index (χ0n) is 11.5. The van der Waals surface area contributed by atoms with E-state index in [9.17, 15) is 13.6 Å². The van der Waals surface area contributed by atoms with Crippen LogP contribution in [0, 0.1) is 6.92 Å². The van der Waals surface area contributed by atoms with Gasteiger partial charge >= 0.3 is 6.61 Å². The van der Waals surface area contributed by atoms with Crippen LogP contribution in [-0.4, -0.2) is 12.5 Å². The van der Waals surface area contributed by atoms with Crippen molar-refractivity contribution >= 4 is 11.6 Å². The number of aryl methyl sites for hydroxylation is 1. The predicted molar refractivity (Wildman–Crippen MR) is 76.6 cm³/mol. The molecule has 0 fully saturated rings. The van der Waals surface area contributed by atoms with Gasteiger partial charge in [-0.15, -0.1) is 0 Å². The van der Waals surface area contributed by atoms with E-state index >= 15 is 0 Å². The fraction of sp³-hybridized carbons (Fsp3) is 0.188. The SMILES string of the molecule is Cc1ccc(CC(=O)Nc2ccccc2OC(F)F)cc1. The Hall–Kier alpha value is -2.43. The number of benzene rings is 2. The summed E-state index contributed by atoms with van der Waals surface area (Å²) in [7, 11) is 0. The van der Waals surface area contributed by atoms with Crippen LogP contribution in [0.1, 0.15) is 11.1 Å². The number of nitrogens with one attached hydrogen (secondary N) is 1. The summed E-state index contributed by atoms with van der Waals surface area (Å²) in [6.07, 6.45) is 0.170. The summed E-state index contributed by atoms with van der Waals surface area (Å²) in [5.74, 6) is -0.339. The monoisotopic (exact) mass is 291 g/mol. The highest BCUT2D eigenvalue weighted by molar-refractivity contribution is 5.93. The molecule has 3 nitrogen and oxygen atoms in total. The molecule has 0 saturated carbocycles. The van der Waals surface area contributed by atoms with Crippen molar-refractivity contribution in [2.45, 2.75) is 20.0 Å². The van der Waals surface area contributed by atoms with E-state index in [0.717, 1.165) is 11.1 Å². The Kier molecular flexibility index (Phi) is 4.87. The number of hydrogen-bond donors (Lipinski definition) is 1. The van der Waals surface area contributed by atoms with Crippen LogP contribution in [0.3, 0.4) is 0 Å². The minimum absolute atomic E-state index is 0.0512. The summed E-state index contributed by atoms with van der Waals surface area (Å²) in [6, 6.07) is 13.6. The van der Waals surface area contributed by atoms with Crippen LogP contribution < -0.4 is 10.1 Å². The van der Waals surface area contributed by atoms with Crippen LogP contribution in [0.4, 0.5) is 14.5 Å². The van der Waals surface area contributed by atoms with Crippen molar-refractivity contribution in [3.8, 4) is 5.75 Å². The Labute approximate surface area is 121 Å². The third-order valence-corrected chi connectivity index (χ3v) is 2.86. The molecule has 0 aliphatic carbocycles. The highest BCUT2D eigenvalue weighted by Gasteiger charge is 2.11. The molecule has 0 aliphatic heterocycles. The van der Waals surface area contributed by atoms with E-state index in [1.807, 2.05) is 31.2 Å². The Morgan fingerprint density at radius 2 is 1.81 bits per heavy atom. The smallest absolute Gasteiger partial charge is 0.387 e. The lowest BCUT2D eigenvalue weighted by molar-refractivity contribution is -0.115. The number of amides is 1. The third-order valence-electron chi connectivity index (χ3n) is 2.86. The largest absolute Gasteiger partial charge is 0.433 e. The van der Waals surface area contributed by atoms with Crippen LogP contribution in [0.25, 0.3) is 0 Å². The van der Waals surface area contributed by atoms with Crippen molar-refractivity contribution in [1.29, 1.82) is 0 Å². The summed E-state index contributed by atoms with van der Waals surface area (Å²) in [4.78, 5) is 12.0.